The Morgan fingerprint density at radius 1 is 1.54 bits per heavy atom. The van der Waals surface area contributed by atoms with Gasteiger partial charge in [-0.1, -0.05) is 0 Å². The number of hydrogen-bond acceptors (Lipinski definition) is 4. The van der Waals surface area contributed by atoms with Crippen LogP contribution >= 0.6 is 0 Å². The first-order valence-corrected chi connectivity index (χ1v) is 4.49. The van der Waals surface area contributed by atoms with Gasteiger partial charge in [-0.05, 0) is 12.8 Å². The molecule has 4 nitrogen and oxygen atoms in total. The summed E-state index contributed by atoms with van der Waals surface area (Å²) in [6.07, 6.45) is 0.683. The van der Waals surface area contributed by atoms with E-state index in [1.165, 1.54) is 0 Å². The van der Waals surface area contributed by atoms with Crippen molar-refractivity contribution in [3.8, 4) is 6.07 Å². The van der Waals surface area contributed by atoms with Crippen molar-refractivity contribution in [1.82, 2.24) is 0 Å². The van der Waals surface area contributed by atoms with E-state index in [0.29, 0.717) is 12.8 Å². The second-order valence-corrected chi connectivity index (χ2v) is 3.72. The van der Waals surface area contributed by atoms with Gasteiger partial charge in [0, 0.05) is 5.92 Å². The third-order valence-corrected chi connectivity index (χ3v) is 2.92. The van der Waals surface area contributed by atoms with E-state index in [2.05, 4.69) is 0 Å². The maximum Gasteiger partial charge on any atom is 0.306 e. The van der Waals surface area contributed by atoms with Crippen LogP contribution in [0.5, 0.6) is 0 Å². The number of nitriles is 1. The molecule has 0 bridgehead atoms. The van der Waals surface area contributed by atoms with E-state index < -0.39 is 12.2 Å². The summed E-state index contributed by atoms with van der Waals surface area (Å²) in [5.41, 5.74) is 0. The molecule has 1 heterocycles. The summed E-state index contributed by atoms with van der Waals surface area (Å²) in [5, 5.41) is 18.4. The van der Waals surface area contributed by atoms with Crippen LogP contribution in [0.4, 0.5) is 0 Å². The molecule has 4 heteroatoms. The van der Waals surface area contributed by atoms with Gasteiger partial charge in [-0.15, -0.1) is 0 Å². The fourth-order valence-corrected chi connectivity index (χ4v) is 2.18. The lowest BCUT2D eigenvalue weighted by Crippen LogP contribution is -2.41. The lowest BCUT2D eigenvalue weighted by atomic mass is 9.78. The molecule has 1 saturated carbocycles. The molecule has 0 amide bonds. The van der Waals surface area contributed by atoms with E-state index in [-0.39, 0.29) is 17.8 Å². The summed E-state index contributed by atoms with van der Waals surface area (Å²) in [4.78, 5) is 10.9. The second kappa shape index (κ2) is 3.00. The predicted octanol–water partition coefficient (Wildman–Crippen LogP) is 0.213. The van der Waals surface area contributed by atoms with Crippen LogP contribution in [0, 0.1) is 23.2 Å². The Hall–Kier alpha value is -1.08. The minimum absolute atomic E-state index is 0.132. The van der Waals surface area contributed by atoms with Crippen LogP contribution in [0.2, 0.25) is 0 Å². The number of carbonyl (C=O) groups is 1. The molecule has 0 spiro atoms. The van der Waals surface area contributed by atoms with Crippen LogP contribution in [0.25, 0.3) is 0 Å². The molecule has 1 saturated heterocycles. The molecule has 1 aliphatic heterocycles. The van der Waals surface area contributed by atoms with E-state index in [4.69, 9.17) is 10.00 Å². The number of aliphatic hydroxyl groups is 1. The zero-order valence-electron chi connectivity index (χ0n) is 7.14. The van der Waals surface area contributed by atoms with Gasteiger partial charge in [0.25, 0.3) is 0 Å². The Morgan fingerprint density at radius 3 is 3.00 bits per heavy atom. The molecule has 1 N–H and O–H groups in total. The van der Waals surface area contributed by atoms with Crippen molar-refractivity contribution < 1.29 is 14.6 Å². The van der Waals surface area contributed by atoms with Crippen molar-refractivity contribution in [2.75, 3.05) is 0 Å². The lowest BCUT2D eigenvalue weighted by molar-refractivity contribution is -0.148. The SMILES string of the molecule is N#C[C@@H]1CC[C@H]2CC(=O)O[C@H]2[C@H]1O. The Bertz CT molecular complexity index is 271. The van der Waals surface area contributed by atoms with Crippen LogP contribution < -0.4 is 0 Å². The van der Waals surface area contributed by atoms with Crippen molar-refractivity contribution in [3.05, 3.63) is 0 Å². The Kier molecular flexibility index (Phi) is 1.97. The monoisotopic (exact) mass is 181 g/mol. The molecule has 2 fully saturated rings. The van der Waals surface area contributed by atoms with Gasteiger partial charge in [0.2, 0.25) is 0 Å². The van der Waals surface area contributed by atoms with Gasteiger partial charge in [-0.25, -0.2) is 0 Å². The van der Waals surface area contributed by atoms with E-state index in [9.17, 15) is 9.90 Å². The predicted molar refractivity (Wildman–Crippen MR) is 42.3 cm³/mol. The molecule has 70 valence electrons. The molecule has 2 rings (SSSR count). The summed E-state index contributed by atoms with van der Waals surface area (Å²) in [7, 11) is 0. The van der Waals surface area contributed by atoms with Crippen molar-refractivity contribution in [1.29, 1.82) is 5.26 Å². The number of esters is 1. The number of hydrogen-bond donors (Lipinski definition) is 1. The van der Waals surface area contributed by atoms with Crippen molar-refractivity contribution in [2.45, 2.75) is 31.5 Å². The maximum atomic E-state index is 10.9. The van der Waals surface area contributed by atoms with Crippen LogP contribution in [-0.4, -0.2) is 23.3 Å². The molecule has 2 aliphatic rings. The highest BCUT2D eigenvalue weighted by molar-refractivity contribution is 5.72. The van der Waals surface area contributed by atoms with E-state index in [1.807, 2.05) is 6.07 Å². The minimum Gasteiger partial charge on any atom is -0.459 e. The fourth-order valence-electron chi connectivity index (χ4n) is 2.18. The van der Waals surface area contributed by atoms with Crippen LogP contribution in [0.1, 0.15) is 19.3 Å². The van der Waals surface area contributed by atoms with Crippen LogP contribution in [0.3, 0.4) is 0 Å². The van der Waals surface area contributed by atoms with E-state index in [1.54, 1.807) is 0 Å². The smallest absolute Gasteiger partial charge is 0.306 e. The number of rotatable bonds is 0. The molecular formula is C9H11NO3. The number of ether oxygens (including phenoxy) is 1. The first kappa shape index (κ1) is 8.52. The Morgan fingerprint density at radius 2 is 2.31 bits per heavy atom. The number of fused-ring (bicyclic) bond motifs is 1. The van der Waals surface area contributed by atoms with Gasteiger partial charge in [0.1, 0.15) is 12.2 Å². The number of aliphatic hydroxyl groups excluding tert-OH is 1. The molecule has 0 aromatic heterocycles. The largest absolute Gasteiger partial charge is 0.459 e. The van der Waals surface area contributed by atoms with Gasteiger partial charge in [-0.2, -0.15) is 5.26 Å². The lowest BCUT2D eigenvalue weighted by Gasteiger charge is -2.31. The summed E-state index contributed by atoms with van der Waals surface area (Å²) in [6, 6.07) is 2.04. The molecule has 13 heavy (non-hydrogen) atoms. The average Bonchev–Trinajstić information content (AvgIpc) is 2.47. The zero-order chi connectivity index (χ0) is 9.42. The van der Waals surface area contributed by atoms with E-state index in [0.717, 1.165) is 6.42 Å². The molecule has 0 unspecified atom stereocenters. The highest BCUT2D eigenvalue weighted by atomic mass is 16.6. The molecule has 0 radical (unpaired) electrons. The zero-order valence-corrected chi connectivity index (χ0v) is 7.14. The van der Waals surface area contributed by atoms with Gasteiger partial charge < -0.3 is 9.84 Å². The van der Waals surface area contributed by atoms with Gasteiger partial charge in [0.05, 0.1) is 18.4 Å². The Labute approximate surface area is 76.1 Å². The molecule has 0 aromatic carbocycles. The first-order valence-electron chi connectivity index (χ1n) is 4.49. The maximum absolute atomic E-state index is 10.9. The van der Waals surface area contributed by atoms with Crippen LogP contribution in [0.15, 0.2) is 0 Å². The van der Waals surface area contributed by atoms with Crippen molar-refractivity contribution in [2.24, 2.45) is 11.8 Å². The first-order chi connectivity index (χ1) is 6.22. The normalized spacial score (nSPS) is 43.5. The summed E-state index contributed by atoms with van der Waals surface area (Å²) in [6.45, 7) is 0. The second-order valence-electron chi connectivity index (χ2n) is 3.72. The molecule has 0 aromatic rings. The van der Waals surface area contributed by atoms with E-state index >= 15 is 0 Å². The standard InChI is InChI=1S/C9H11NO3/c10-4-6-2-1-5-3-7(11)13-9(5)8(6)12/h5-6,8-9,12H,1-3H2/t5-,6-,8-,9+/m0/s1. The average molecular weight is 181 g/mol. The number of nitrogens with zero attached hydrogens (tertiary/aromatic N) is 1. The third-order valence-electron chi connectivity index (χ3n) is 2.92. The van der Waals surface area contributed by atoms with Crippen LogP contribution in [-0.2, 0) is 9.53 Å². The topological polar surface area (TPSA) is 70.3 Å². The summed E-state index contributed by atoms with van der Waals surface area (Å²) < 4.78 is 4.97. The van der Waals surface area contributed by atoms with Crippen molar-refractivity contribution in [3.63, 3.8) is 0 Å². The van der Waals surface area contributed by atoms with Crippen molar-refractivity contribution >= 4 is 5.97 Å². The Balaban J connectivity index is 2.13. The molecule has 1 aliphatic carbocycles. The number of carbonyl (C=O) groups excluding carboxylic acids is 1. The highest BCUT2D eigenvalue weighted by Gasteiger charge is 2.45. The fraction of sp³-hybridized carbons (Fsp3) is 0.778. The summed E-state index contributed by atoms with van der Waals surface area (Å²) in [5.74, 6) is -0.480. The summed E-state index contributed by atoms with van der Waals surface area (Å²) >= 11 is 0. The molecule has 4 atom stereocenters. The third kappa shape index (κ3) is 1.29. The van der Waals surface area contributed by atoms with Gasteiger partial charge >= 0.3 is 5.97 Å². The van der Waals surface area contributed by atoms with Gasteiger partial charge in [0.15, 0.2) is 0 Å². The highest BCUT2D eigenvalue weighted by Crippen LogP contribution is 2.37. The van der Waals surface area contributed by atoms with Gasteiger partial charge in [-0.3, -0.25) is 4.79 Å². The molecular weight excluding hydrogens is 170 g/mol. The minimum atomic E-state index is -0.782. The quantitative estimate of drug-likeness (QED) is 0.542.